The molecule has 0 aliphatic carbocycles. The lowest BCUT2D eigenvalue weighted by Gasteiger charge is -2.35. The predicted molar refractivity (Wildman–Crippen MR) is 132 cm³/mol. The van der Waals surface area contributed by atoms with Crippen molar-refractivity contribution < 1.29 is 9.21 Å². The van der Waals surface area contributed by atoms with Crippen molar-refractivity contribution in [1.29, 1.82) is 0 Å². The lowest BCUT2D eigenvalue weighted by molar-refractivity contribution is 0.0742. The molecule has 1 amide bonds. The second-order valence-corrected chi connectivity index (χ2v) is 8.45. The van der Waals surface area contributed by atoms with E-state index in [-0.39, 0.29) is 11.5 Å². The number of carbonyl (C=O) groups excluding carboxylic acids is 1. The third-order valence-corrected chi connectivity index (χ3v) is 5.91. The molecule has 0 atom stereocenters. The third kappa shape index (κ3) is 4.47. The molecule has 34 heavy (non-hydrogen) atoms. The highest BCUT2D eigenvalue weighted by Gasteiger charge is 2.26. The van der Waals surface area contributed by atoms with Gasteiger partial charge in [-0.2, -0.15) is 4.98 Å². The number of aromatic nitrogens is 2. The molecule has 0 unspecified atom stereocenters. The van der Waals surface area contributed by atoms with Crippen LogP contribution in [0.3, 0.4) is 0 Å². The van der Waals surface area contributed by atoms with Gasteiger partial charge in [0.25, 0.3) is 5.91 Å². The Morgan fingerprint density at radius 2 is 1.68 bits per heavy atom. The van der Waals surface area contributed by atoms with Crippen LogP contribution >= 0.6 is 0 Å². The van der Waals surface area contributed by atoms with Gasteiger partial charge in [-0.25, -0.2) is 9.78 Å². The summed E-state index contributed by atoms with van der Waals surface area (Å²) in [6.45, 7) is 6.15. The van der Waals surface area contributed by atoms with Gasteiger partial charge in [0.15, 0.2) is 0 Å². The minimum Gasteiger partial charge on any atom is -0.422 e. The second kappa shape index (κ2) is 8.97. The Balaban J connectivity index is 1.29. The molecule has 1 fully saturated rings. The topological polar surface area (TPSA) is 91.6 Å². The predicted octanol–water partition coefficient (Wildman–Crippen LogP) is 3.91. The third-order valence-electron chi connectivity index (χ3n) is 5.91. The van der Waals surface area contributed by atoms with Gasteiger partial charge >= 0.3 is 5.63 Å². The van der Waals surface area contributed by atoms with Gasteiger partial charge in [-0.15, -0.1) is 0 Å². The number of fused-ring (bicyclic) bond motifs is 1. The number of nitrogens with one attached hydrogen (secondary N) is 1. The number of hydrogen-bond donors (Lipinski definition) is 1. The summed E-state index contributed by atoms with van der Waals surface area (Å²) in [6, 6.07) is 18.8. The molecule has 1 aliphatic heterocycles. The van der Waals surface area contributed by atoms with Crippen LogP contribution in [0.4, 0.5) is 17.5 Å². The minimum absolute atomic E-state index is 0.0645. The average molecular weight is 456 g/mol. The van der Waals surface area contributed by atoms with E-state index in [1.807, 2.05) is 56.3 Å². The zero-order chi connectivity index (χ0) is 23.7. The van der Waals surface area contributed by atoms with Gasteiger partial charge in [0, 0.05) is 49.0 Å². The molecule has 1 saturated heterocycles. The first kappa shape index (κ1) is 21.6. The van der Waals surface area contributed by atoms with Crippen LogP contribution in [0.25, 0.3) is 11.0 Å². The maximum atomic E-state index is 13.1. The van der Waals surface area contributed by atoms with Crippen molar-refractivity contribution in [1.82, 2.24) is 14.9 Å². The molecule has 2 aromatic carbocycles. The second-order valence-electron chi connectivity index (χ2n) is 8.45. The molecular weight excluding hydrogens is 430 g/mol. The van der Waals surface area contributed by atoms with Crippen molar-refractivity contribution in [3.8, 4) is 0 Å². The molecule has 172 valence electrons. The van der Waals surface area contributed by atoms with Crippen LogP contribution in [0.1, 0.15) is 21.6 Å². The number of rotatable bonds is 4. The van der Waals surface area contributed by atoms with E-state index in [9.17, 15) is 9.59 Å². The molecule has 3 heterocycles. The van der Waals surface area contributed by atoms with Crippen LogP contribution in [0.5, 0.6) is 0 Å². The normalized spacial score (nSPS) is 13.8. The molecule has 1 N–H and O–H groups in total. The summed E-state index contributed by atoms with van der Waals surface area (Å²) in [5.41, 5.74) is 2.89. The van der Waals surface area contributed by atoms with Crippen LogP contribution in [0.2, 0.25) is 0 Å². The van der Waals surface area contributed by atoms with Crippen LogP contribution in [-0.4, -0.2) is 47.0 Å². The van der Waals surface area contributed by atoms with E-state index < -0.39 is 5.63 Å². The Morgan fingerprint density at radius 1 is 0.941 bits per heavy atom. The lowest BCUT2D eigenvalue weighted by Crippen LogP contribution is -2.49. The van der Waals surface area contributed by atoms with Crippen molar-refractivity contribution in [2.75, 3.05) is 36.4 Å². The van der Waals surface area contributed by atoms with Gasteiger partial charge in [-0.3, -0.25) is 4.79 Å². The van der Waals surface area contributed by atoms with Gasteiger partial charge in [0.05, 0.1) is 0 Å². The number of para-hydroxylation sites is 1. The summed E-state index contributed by atoms with van der Waals surface area (Å²) in [7, 11) is 0. The Kier molecular flexibility index (Phi) is 5.71. The highest BCUT2D eigenvalue weighted by molar-refractivity contribution is 5.96. The molecule has 0 spiro atoms. The maximum Gasteiger partial charge on any atom is 0.349 e. The molecule has 0 bridgehead atoms. The maximum absolute atomic E-state index is 13.1. The Bertz CT molecular complexity index is 1410. The molecular formula is C26H25N5O3. The van der Waals surface area contributed by atoms with E-state index in [2.05, 4.69) is 20.2 Å². The van der Waals surface area contributed by atoms with E-state index in [4.69, 9.17) is 4.42 Å². The van der Waals surface area contributed by atoms with E-state index in [1.54, 1.807) is 23.1 Å². The largest absolute Gasteiger partial charge is 0.422 e. The number of hydrogen-bond acceptors (Lipinski definition) is 7. The monoisotopic (exact) mass is 455 g/mol. The molecule has 0 saturated carbocycles. The molecule has 8 heteroatoms. The van der Waals surface area contributed by atoms with Crippen molar-refractivity contribution >= 4 is 34.3 Å². The smallest absolute Gasteiger partial charge is 0.349 e. The van der Waals surface area contributed by atoms with Gasteiger partial charge < -0.3 is 19.5 Å². The number of aryl methyl sites for hydroxylation is 2. The Labute approximate surface area is 196 Å². The molecule has 1 aliphatic rings. The summed E-state index contributed by atoms with van der Waals surface area (Å²) >= 11 is 0. The average Bonchev–Trinajstić information content (AvgIpc) is 2.84. The fourth-order valence-corrected chi connectivity index (χ4v) is 4.06. The summed E-state index contributed by atoms with van der Waals surface area (Å²) in [5.74, 6) is 1.03. The Hall–Kier alpha value is -4.20. The standard InChI is InChI=1S/C26H25N5O3/c1-17-7-9-20(10-8-17)28-26-27-18(2)15-23(29-26)30-11-13-31(14-12-30)24(32)21-16-19-5-3-4-6-22(19)34-25(21)33/h3-10,15-16H,11-14H2,1-2H3,(H,27,28,29). The van der Waals surface area contributed by atoms with E-state index in [1.165, 1.54) is 5.56 Å². The van der Waals surface area contributed by atoms with Crippen molar-refractivity contribution in [3.05, 3.63) is 87.9 Å². The molecule has 8 nitrogen and oxygen atoms in total. The number of piperazine rings is 1. The van der Waals surface area contributed by atoms with Crippen LogP contribution < -0.4 is 15.8 Å². The van der Waals surface area contributed by atoms with Gasteiger partial charge in [0.1, 0.15) is 17.0 Å². The minimum atomic E-state index is -0.607. The first-order valence-corrected chi connectivity index (χ1v) is 11.2. The number of amides is 1. The van der Waals surface area contributed by atoms with Gasteiger partial charge in [-0.1, -0.05) is 35.9 Å². The molecule has 0 radical (unpaired) electrons. The molecule has 5 rings (SSSR count). The van der Waals surface area contributed by atoms with Crippen molar-refractivity contribution in [2.45, 2.75) is 13.8 Å². The lowest BCUT2D eigenvalue weighted by atomic mass is 10.1. The van der Waals surface area contributed by atoms with Crippen LogP contribution in [0, 0.1) is 13.8 Å². The van der Waals surface area contributed by atoms with E-state index >= 15 is 0 Å². The SMILES string of the molecule is Cc1ccc(Nc2nc(C)cc(N3CCN(C(=O)c4cc5ccccc5oc4=O)CC3)n2)cc1. The number of nitrogens with zero attached hydrogens (tertiary/aromatic N) is 4. The quantitative estimate of drug-likeness (QED) is 0.467. The van der Waals surface area contributed by atoms with Gasteiger partial charge in [0.2, 0.25) is 5.95 Å². The molecule has 2 aromatic heterocycles. The van der Waals surface area contributed by atoms with Crippen LogP contribution in [0.15, 0.2) is 69.9 Å². The number of benzene rings is 2. The molecule has 4 aromatic rings. The van der Waals surface area contributed by atoms with Crippen molar-refractivity contribution in [3.63, 3.8) is 0 Å². The van der Waals surface area contributed by atoms with E-state index in [0.29, 0.717) is 37.7 Å². The summed E-state index contributed by atoms with van der Waals surface area (Å²) in [6.07, 6.45) is 0. The summed E-state index contributed by atoms with van der Waals surface area (Å²) < 4.78 is 5.34. The Morgan fingerprint density at radius 3 is 2.44 bits per heavy atom. The van der Waals surface area contributed by atoms with Crippen LogP contribution in [-0.2, 0) is 0 Å². The first-order valence-electron chi connectivity index (χ1n) is 11.2. The summed E-state index contributed by atoms with van der Waals surface area (Å²) in [4.78, 5) is 38.5. The number of carbonyl (C=O) groups is 1. The van der Waals surface area contributed by atoms with Crippen molar-refractivity contribution in [2.24, 2.45) is 0 Å². The van der Waals surface area contributed by atoms with Gasteiger partial charge in [-0.05, 0) is 38.1 Å². The highest BCUT2D eigenvalue weighted by atomic mass is 16.4. The van der Waals surface area contributed by atoms with E-state index in [0.717, 1.165) is 22.6 Å². The summed E-state index contributed by atoms with van der Waals surface area (Å²) in [5, 5.41) is 3.99. The zero-order valence-electron chi connectivity index (χ0n) is 19.1. The fraction of sp³-hybridized carbons (Fsp3) is 0.231. The fourth-order valence-electron chi connectivity index (χ4n) is 4.06. The zero-order valence-corrected chi connectivity index (χ0v) is 19.1. The highest BCUT2D eigenvalue weighted by Crippen LogP contribution is 2.21. The first-order chi connectivity index (χ1) is 16.5. The number of anilines is 3.